The van der Waals surface area contributed by atoms with E-state index in [1.54, 1.807) is 7.11 Å². The first-order valence-electron chi connectivity index (χ1n) is 5.85. The number of unbranched alkanes of at least 4 members (excludes halogenated alkanes) is 2. The highest BCUT2D eigenvalue weighted by Crippen LogP contribution is 1.98. The molecule has 6 nitrogen and oxygen atoms in total. The summed E-state index contributed by atoms with van der Waals surface area (Å²) in [6.45, 7) is 1.48. The van der Waals surface area contributed by atoms with Crippen molar-refractivity contribution in [3.05, 3.63) is 0 Å². The molecule has 0 aromatic heterocycles. The Morgan fingerprint density at radius 1 is 1.24 bits per heavy atom. The molecule has 0 aliphatic carbocycles. The highest BCUT2D eigenvalue weighted by molar-refractivity contribution is 7.87. The molecule has 0 atom stereocenters. The molecule has 0 heterocycles. The summed E-state index contributed by atoms with van der Waals surface area (Å²) in [4.78, 5) is 0. The van der Waals surface area contributed by atoms with Crippen LogP contribution in [0.3, 0.4) is 0 Å². The van der Waals surface area contributed by atoms with Crippen molar-refractivity contribution in [1.82, 2.24) is 9.03 Å². The molecule has 0 aliphatic rings. The zero-order valence-electron chi connectivity index (χ0n) is 10.7. The fourth-order valence-electron chi connectivity index (χ4n) is 1.27. The molecule has 104 valence electrons. The molecule has 0 fully saturated rings. The van der Waals surface area contributed by atoms with Gasteiger partial charge in [-0.3, -0.25) is 0 Å². The van der Waals surface area contributed by atoms with Crippen LogP contribution in [0.2, 0.25) is 0 Å². The monoisotopic (exact) mass is 268 g/mol. The summed E-state index contributed by atoms with van der Waals surface area (Å²) in [6, 6.07) is 0. The molecule has 0 amide bonds. The normalized spacial score (nSPS) is 12.2. The zero-order valence-corrected chi connectivity index (χ0v) is 11.5. The molecule has 0 spiro atoms. The first kappa shape index (κ1) is 16.8. The third-order valence-electron chi connectivity index (χ3n) is 2.35. The summed E-state index contributed by atoms with van der Waals surface area (Å²) >= 11 is 0. The molecule has 0 rings (SSSR count). The van der Waals surface area contributed by atoms with E-state index in [-0.39, 0.29) is 6.61 Å². The van der Waals surface area contributed by atoms with Gasteiger partial charge in [-0.2, -0.15) is 12.7 Å². The van der Waals surface area contributed by atoms with Gasteiger partial charge >= 0.3 is 0 Å². The first-order valence-corrected chi connectivity index (χ1v) is 7.29. The number of nitrogens with one attached hydrogen (secondary N) is 1. The van der Waals surface area contributed by atoms with Gasteiger partial charge < -0.3 is 9.84 Å². The van der Waals surface area contributed by atoms with Crippen LogP contribution in [0.5, 0.6) is 0 Å². The maximum Gasteiger partial charge on any atom is 0.279 e. The highest BCUT2D eigenvalue weighted by atomic mass is 32.2. The van der Waals surface area contributed by atoms with Crippen LogP contribution < -0.4 is 4.72 Å². The van der Waals surface area contributed by atoms with Crippen molar-refractivity contribution in [2.45, 2.75) is 25.7 Å². The van der Waals surface area contributed by atoms with Gasteiger partial charge in [0.15, 0.2) is 0 Å². The lowest BCUT2D eigenvalue weighted by molar-refractivity contribution is 0.192. The van der Waals surface area contributed by atoms with E-state index in [4.69, 9.17) is 9.84 Å². The molecule has 2 N–H and O–H groups in total. The quantitative estimate of drug-likeness (QED) is 0.515. The molecular weight excluding hydrogens is 244 g/mol. The Morgan fingerprint density at radius 3 is 2.53 bits per heavy atom. The van der Waals surface area contributed by atoms with Crippen LogP contribution in [0.4, 0.5) is 0 Å². The number of hydrogen-bond donors (Lipinski definition) is 2. The summed E-state index contributed by atoms with van der Waals surface area (Å²) < 4.78 is 31.9. The van der Waals surface area contributed by atoms with E-state index >= 15 is 0 Å². The fraction of sp³-hybridized carbons (Fsp3) is 1.00. The number of hydrogen-bond acceptors (Lipinski definition) is 4. The number of methoxy groups -OCH3 is 1. The van der Waals surface area contributed by atoms with Crippen molar-refractivity contribution < 1.29 is 18.3 Å². The number of aliphatic hydroxyl groups is 1. The predicted molar refractivity (Wildman–Crippen MR) is 67.0 cm³/mol. The lowest BCUT2D eigenvalue weighted by Crippen LogP contribution is -2.39. The van der Waals surface area contributed by atoms with E-state index in [9.17, 15) is 8.42 Å². The summed E-state index contributed by atoms with van der Waals surface area (Å²) in [5, 5.41) is 8.62. The fourth-order valence-corrected chi connectivity index (χ4v) is 2.27. The van der Waals surface area contributed by atoms with E-state index in [0.717, 1.165) is 19.3 Å². The van der Waals surface area contributed by atoms with E-state index in [1.165, 1.54) is 11.4 Å². The first-order chi connectivity index (χ1) is 8.04. The number of nitrogens with zero attached hydrogens (tertiary/aromatic N) is 1. The van der Waals surface area contributed by atoms with E-state index in [0.29, 0.717) is 26.1 Å². The van der Waals surface area contributed by atoms with Crippen molar-refractivity contribution >= 4 is 10.2 Å². The lowest BCUT2D eigenvalue weighted by Gasteiger charge is -2.16. The van der Waals surface area contributed by atoms with Crippen molar-refractivity contribution in [2.75, 3.05) is 40.5 Å². The lowest BCUT2D eigenvalue weighted by atomic mass is 10.2. The van der Waals surface area contributed by atoms with Gasteiger partial charge in [-0.1, -0.05) is 0 Å². The number of rotatable bonds is 11. The second-order valence-electron chi connectivity index (χ2n) is 3.85. The van der Waals surface area contributed by atoms with Gasteiger partial charge in [0.25, 0.3) is 10.2 Å². The average molecular weight is 268 g/mol. The number of ether oxygens (including phenoxy) is 1. The van der Waals surface area contributed by atoms with Gasteiger partial charge in [0.2, 0.25) is 0 Å². The van der Waals surface area contributed by atoms with Gasteiger partial charge in [-0.05, 0) is 25.7 Å². The molecule has 0 radical (unpaired) electrons. The second-order valence-corrected chi connectivity index (χ2v) is 5.71. The minimum Gasteiger partial charge on any atom is -0.396 e. The Kier molecular flexibility index (Phi) is 9.66. The predicted octanol–water partition coefficient (Wildman–Crippen LogP) is -0.0483. The number of aliphatic hydroxyl groups excluding tert-OH is 1. The van der Waals surface area contributed by atoms with Crippen molar-refractivity contribution in [3.63, 3.8) is 0 Å². The summed E-state index contributed by atoms with van der Waals surface area (Å²) in [5.41, 5.74) is 0. The standard InChI is InChI=1S/C10H24N2O4S/c1-12(8-6-9-13)17(14,15)11-7-4-3-5-10-16-2/h11,13H,3-10H2,1-2H3. The van der Waals surface area contributed by atoms with Gasteiger partial charge in [0.1, 0.15) is 0 Å². The van der Waals surface area contributed by atoms with Gasteiger partial charge in [0, 0.05) is 40.5 Å². The SMILES string of the molecule is COCCCCCNS(=O)(=O)N(C)CCCO. The van der Waals surface area contributed by atoms with Crippen LogP contribution in [0.25, 0.3) is 0 Å². The minimum atomic E-state index is -3.38. The van der Waals surface area contributed by atoms with Crippen molar-refractivity contribution in [3.8, 4) is 0 Å². The molecule has 0 aromatic carbocycles. The summed E-state index contributed by atoms with van der Waals surface area (Å²) in [6.07, 6.45) is 3.14. The van der Waals surface area contributed by atoms with Crippen LogP contribution in [0.1, 0.15) is 25.7 Å². The molecule has 0 unspecified atom stereocenters. The molecule has 0 saturated carbocycles. The van der Waals surface area contributed by atoms with Crippen molar-refractivity contribution in [1.29, 1.82) is 0 Å². The van der Waals surface area contributed by atoms with E-state index < -0.39 is 10.2 Å². The molecule has 7 heteroatoms. The van der Waals surface area contributed by atoms with Gasteiger partial charge in [0.05, 0.1) is 0 Å². The topological polar surface area (TPSA) is 78.9 Å². The van der Waals surface area contributed by atoms with E-state index in [2.05, 4.69) is 4.72 Å². The Balaban J connectivity index is 3.70. The van der Waals surface area contributed by atoms with Gasteiger partial charge in [-0.25, -0.2) is 4.72 Å². The van der Waals surface area contributed by atoms with E-state index in [1.807, 2.05) is 0 Å². The Bertz CT molecular complexity index is 269. The van der Waals surface area contributed by atoms with Crippen LogP contribution in [-0.2, 0) is 14.9 Å². The molecule has 17 heavy (non-hydrogen) atoms. The molecule has 0 aliphatic heterocycles. The highest BCUT2D eigenvalue weighted by Gasteiger charge is 2.15. The zero-order chi connectivity index (χ0) is 13.1. The molecule has 0 bridgehead atoms. The maximum absolute atomic E-state index is 11.6. The molecule has 0 aromatic rings. The third-order valence-corrected chi connectivity index (χ3v) is 3.92. The largest absolute Gasteiger partial charge is 0.396 e. The van der Waals surface area contributed by atoms with Crippen LogP contribution in [0, 0.1) is 0 Å². The second kappa shape index (κ2) is 9.78. The summed E-state index contributed by atoms with van der Waals surface area (Å²) in [7, 11) is -0.230. The maximum atomic E-state index is 11.6. The van der Waals surface area contributed by atoms with Gasteiger partial charge in [-0.15, -0.1) is 0 Å². The Hall–Kier alpha value is -0.210. The smallest absolute Gasteiger partial charge is 0.279 e. The Morgan fingerprint density at radius 2 is 1.94 bits per heavy atom. The minimum absolute atomic E-state index is 0.00310. The average Bonchev–Trinajstić information content (AvgIpc) is 2.30. The molecular formula is C10H24N2O4S. The third kappa shape index (κ3) is 8.50. The van der Waals surface area contributed by atoms with Crippen molar-refractivity contribution in [2.24, 2.45) is 0 Å². The summed E-state index contributed by atoms with van der Waals surface area (Å²) in [5.74, 6) is 0. The van der Waals surface area contributed by atoms with Crippen LogP contribution in [-0.4, -0.2) is 58.3 Å². The van der Waals surface area contributed by atoms with Crippen LogP contribution >= 0.6 is 0 Å². The Labute approximate surface area is 104 Å². The molecule has 0 saturated heterocycles. The van der Waals surface area contributed by atoms with Crippen LogP contribution in [0.15, 0.2) is 0 Å².